The van der Waals surface area contributed by atoms with Crippen molar-refractivity contribution in [2.24, 2.45) is 0 Å². The molecule has 0 radical (unpaired) electrons. The minimum Gasteiger partial charge on any atom is -0.303 e. The molecule has 0 aromatic carbocycles. The minimum absolute atomic E-state index is 0. The molecule has 0 aromatic heterocycles. The molecule has 0 spiro atoms. The second kappa shape index (κ2) is 8.60. The van der Waals surface area contributed by atoms with Crippen LogP contribution in [0.4, 0.5) is 0 Å². The fraction of sp³-hybridized carbons (Fsp3) is 0. The number of rotatable bonds is 0. The maximum absolute atomic E-state index is 8.88. The SMILES string of the molecule is O=P(O)(O)O.[AlH2][PH2].[AlH3]. The molecule has 0 fully saturated rings. The molecule has 1 atom stereocenters. The van der Waals surface area contributed by atoms with Gasteiger partial charge < -0.3 is 14.7 Å². The molecule has 0 aliphatic heterocycles. The van der Waals surface area contributed by atoms with Crippen LogP contribution >= 0.6 is 15.7 Å². The van der Waals surface area contributed by atoms with Crippen LogP contribution < -0.4 is 0 Å². The first-order valence-corrected chi connectivity index (χ1v) is 7.54. The van der Waals surface area contributed by atoms with Gasteiger partial charge in [0.25, 0.3) is 0 Å². The maximum atomic E-state index is 8.88. The van der Waals surface area contributed by atoms with E-state index in [2.05, 4.69) is 7.89 Å². The highest BCUT2D eigenvalue weighted by atomic mass is 31.2. The predicted octanol–water partition coefficient (Wildman–Crippen LogP) is -2.70. The molecule has 3 N–H and O–H groups in total. The lowest BCUT2D eigenvalue weighted by molar-refractivity contribution is 0.275. The lowest BCUT2D eigenvalue weighted by Gasteiger charge is -1.82. The van der Waals surface area contributed by atoms with Gasteiger partial charge in [0.1, 0.15) is 0 Å². The molecular weight excluding hydrogens is 180 g/mol. The largest absolute Gasteiger partial charge is 0.466 e. The van der Waals surface area contributed by atoms with Crippen molar-refractivity contribution >= 4 is 48.9 Å². The third-order valence-electron chi connectivity index (χ3n) is 0. The summed E-state index contributed by atoms with van der Waals surface area (Å²) in [6.45, 7) is 0. The van der Waals surface area contributed by atoms with E-state index in [4.69, 9.17) is 19.2 Å². The highest BCUT2D eigenvalue weighted by molar-refractivity contribution is 7.49. The van der Waals surface area contributed by atoms with Crippen LogP contribution in [0.3, 0.4) is 0 Å². The molecule has 4 nitrogen and oxygen atoms in total. The molecule has 0 amide bonds. The zero-order valence-corrected chi connectivity index (χ0v) is 7.82. The van der Waals surface area contributed by atoms with Gasteiger partial charge in [-0.1, -0.05) is 0 Å². The van der Waals surface area contributed by atoms with Crippen LogP contribution in [0.1, 0.15) is 0 Å². The summed E-state index contributed by atoms with van der Waals surface area (Å²) in [5, 5.41) is 0. The van der Waals surface area contributed by atoms with Crippen LogP contribution in [0.25, 0.3) is 0 Å². The first-order chi connectivity index (χ1) is 3.00. The molecule has 50 valence electrons. The Kier molecular flexibility index (Phi) is 17.5. The van der Waals surface area contributed by atoms with Crippen molar-refractivity contribution in [1.29, 1.82) is 0 Å². The Morgan fingerprint density at radius 1 is 1.25 bits per heavy atom. The van der Waals surface area contributed by atoms with E-state index in [9.17, 15) is 0 Å². The monoisotopic (exact) mass is 190 g/mol. The molecule has 0 rings (SSSR count). The van der Waals surface area contributed by atoms with Crippen molar-refractivity contribution in [3.8, 4) is 0 Å². The smallest absolute Gasteiger partial charge is 0.303 e. The van der Waals surface area contributed by atoms with Gasteiger partial charge in [0.05, 0.1) is 0 Å². The van der Waals surface area contributed by atoms with Gasteiger partial charge in [-0.3, -0.25) is 0 Å². The summed E-state index contributed by atoms with van der Waals surface area (Å²) >= 11 is 1.22. The molecule has 0 bridgehead atoms. The van der Waals surface area contributed by atoms with Crippen molar-refractivity contribution in [2.75, 3.05) is 0 Å². The average molecular weight is 190 g/mol. The van der Waals surface area contributed by atoms with Crippen molar-refractivity contribution in [1.82, 2.24) is 0 Å². The normalized spacial score (nSPS) is 8.00. The Bertz CT molecular complexity index is 58.2. The van der Waals surface area contributed by atoms with Crippen molar-refractivity contribution in [2.45, 2.75) is 0 Å². The van der Waals surface area contributed by atoms with E-state index in [1.165, 1.54) is 15.8 Å². The maximum Gasteiger partial charge on any atom is 0.466 e. The highest BCUT2D eigenvalue weighted by Gasteiger charge is 2.00. The first-order valence-electron chi connectivity index (χ1n) is 1.36. The Labute approximate surface area is 68.3 Å². The molecule has 0 saturated heterocycles. The second-order valence-electron chi connectivity index (χ2n) is 0.513. The van der Waals surface area contributed by atoms with E-state index in [-0.39, 0.29) is 17.4 Å². The molecule has 8 heavy (non-hydrogen) atoms. The lowest BCUT2D eigenvalue weighted by atomic mass is 15.8. The number of hydrogen-bond donors (Lipinski definition) is 3. The van der Waals surface area contributed by atoms with Gasteiger partial charge in [0.15, 0.2) is 17.4 Å². The lowest BCUT2D eigenvalue weighted by Crippen LogP contribution is -1.66. The topological polar surface area (TPSA) is 77.8 Å². The molecule has 0 aromatic rings. The molecule has 8 heteroatoms. The predicted molar refractivity (Wildman–Crippen MR) is 42.5 cm³/mol. The van der Waals surface area contributed by atoms with Crippen LogP contribution in [0.15, 0.2) is 0 Å². The average Bonchev–Trinajstić information content (AvgIpc) is 1.36. The summed E-state index contributed by atoms with van der Waals surface area (Å²) in [5.41, 5.74) is 0. The third kappa shape index (κ3) is 129. The van der Waals surface area contributed by atoms with Crippen molar-refractivity contribution in [3.63, 3.8) is 0 Å². The third-order valence-corrected chi connectivity index (χ3v) is 0. The Hall–Kier alpha value is 1.60. The zero-order valence-electron chi connectivity index (χ0n) is 3.77. The summed E-state index contributed by atoms with van der Waals surface area (Å²) in [6.07, 6.45) is 0. The molecule has 0 aliphatic carbocycles. The Morgan fingerprint density at radius 2 is 1.25 bits per heavy atom. The summed E-state index contributed by atoms with van der Waals surface area (Å²) in [6, 6.07) is 0. The van der Waals surface area contributed by atoms with Gasteiger partial charge in [0, 0.05) is 0 Å². The zero-order chi connectivity index (χ0) is 6.50. The summed E-state index contributed by atoms with van der Waals surface area (Å²) in [4.78, 5) is 21.6. The Balaban J connectivity index is -0.0000000750. The van der Waals surface area contributed by atoms with E-state index in [0.29, 0.717) is 0 Å². The van der Waals surface area contributed by atoms with Crippen LogP contribution in [-0.2, 0) is 4.57 Å². The van der Waals surface area contributed by atoms with Crippen LogP contribution in [-0.4, -0.2) is 47.9 Å². The Morgan fingerprint density at radius 3 is 1.25 bits per heavy atom. The van der Waals surface area contributed by atoms with E-state index >= 15 is 0 Å². The minimum atomic E-state index is -4.64. The van der Waals surface area contributed by atoms with Gasteiger partial charge in [0.2, 0.25) is 15.8 Å². The second-order valence-corrected chi connectivity index (χ2v) is 1.54. The molecule has 1 unspecified atom stereocenters. The van der Waals surface area contributed by atoms with Gasteiger partial charge in [-0.2, -0.15) is 0 Å². The van der Waals surface area contributed by atoms with Gasteiger partial charge in [-0.05, 0) is 0 Å². The fourth-order valence-electron chi connectivity index (χ4n) is 0. The fourth-order valence-corrected chi connectivity index (χ4v) is 0. The van der Waals surface area contributed by atoms with Crippen LogP contribution in [0.2, 0.25) is 0 Å². The number of hydrogen-bond acceptors (Lipinski definition) is 1. The standard InChI is InChI=1S/2Al.H3O4P.H2P.5H/c;;1-5(2,3)4;;;;;;/h;;(H3,1,2,3,4);1H2;;;;;/q;+1;;-1;;;;;. The summed E-state index contributed by atoms with van der Waals surface area (Å²) in [5.74, 6) is 0. The highest BCUT2D eigenvalue weighted by Crippen LogP contribution is 2.25. The molecular formula is H10Al2O4P2. The molecule has 0 aliphatic rings. The summed E-state index contributed by atoms with van der Waals surface area (Å²) < 4.78 is 8.88. The van der Waals surface area contributed by atoms with E-state index in [1.54, 1.807) is 0 Å². The first kappa shape index (κ1) is 16.3. The van der Waals surface area contributed by atoms with E-state index in [1.807, 2.05) is 0 Å². The van der Waals surface area contributed by atoms with E-state index in [0.717, 1.165) is 0 Å². The molecule has 0 saturated carbocycles. The van der Waals surface area contributed by atoms with Crippen molar-refractivity contribution < 1.29 is 19.2 Å². The molecule has 0 heterocycles. The van der Waals surface area contributed by atoms with Crippen LogP contribution in [0, 0.1) is 0 Å². The van der Waals surface area contributed by atoms with Gasteiger partial charge in [-0.25, -0.2) is 12.5 Å². The number of phosphoric acid groups is 1. The van der Waals surface area contributed by atoms with E-state index < -0.39 is 7.82 Å². The van der Waals surface area contributed by atoms with Crippen molar-refractivity contribution in [3.05, 3.63) is 0 Å². The van der Waals surface area contributed by atoms with Crippen LogP contribution in [0.5, 0.6) is 0 Å². The van der Waals surface area contributed by atoms with Gasteiger partial charge >= 0.3 is 7.82 Å². The summed E-state index contributed by atoms with van der Waals surface area (Å²) in [7, 11) is -2.08. The quantitative estimate of drug-likeness (QED) is 0.287. The van der Waals surface area contributed by atoms with Gasteiger partial charge in [-0.15, -0.1) is 0 Å².